The molecule has 18 heavy (non-hydrogen) atoms. The standard InChI is InChI=1S/C14H21NO3/c1-18-13-8-11(4-5-12(13)17)9-15-14(10-16)6-2-3-7-14/h4-5,8,15-17H,2-3,6-7,9-10H2,1H3. The van der Waals surface area contributed by atoms with E-state index in [1.807, 2.05) is 12.1 Å². The van der Waals surface area contributed by atoms with E-state index in [-0.39, 0.29) is 17.9 Å². The molecule has 0 atom stereocenters. The van der Waals surface area contributed by atoms with E-state index in [0.717, 1.165) is 18.4 Å². The second-order valence-corrected chi connectivity index (χ2v) is 5.01. The molecular formula is C14H21NO3. The van der Waals surface area contributed by atoms with Crippen molar-refractivity contribution < 1.29 is 14.9 Å². The van der Waals surface area contributed by atoms with Crippen molar-refractivity contribution in [2.75, 3.05) is 13.7 Å². The summed E-state index contributed by atoms with van der Waals surface area (Å²) in [7, 11) is 1.54. The number of rotatable bonds is 5. The van der Waals surface area contributed by atoms with Crippen LogP contribution in [0.5, 0.6) is 11.5 Å². The van der Waals surface area contributed by atoms with Crippen molar-refractivity contribution in [1.29, 1.82) is 0 Å². The maximum absolute atomic E-state index is 9.53. The Hall–Kier alpha value is -1.26. The summed E-state index contributed by atoms with van der Waals surface area (Å²) in [5.74, 6) is 0.637. The van der Waals surface area contributed by atoms with Gasteiger partial charge in [-0.25, -0.2) is 0 Å². The summed E-state index contributed by atoms with van der Waals surface area (Å²) in [6.07, 6.45) is 4.40. The number of phenols is 1. The van der Waals surface area contributed by atoms with Gasteiger partial charge < -0.3 is 20.3 Å². The highest BCUT2D eigenvalue weighted by Gasteiger charge is 2.32. The van der Waals surface area contributed by atoms with Crippen molar-refractivity contribution in [2.45, 2.75) is 37.8 Å². The first-order chi connectivity index (χ1) is 8.69. The third-order valence-corrected chi connectivity index (χ3v) is 3.77. The highest BCUT2D eigenvalue weighted by Crippen LogP contribution is 2.30. The van der Waals surface area contributed by atoms with Crippen LogP contribution in [0.2, 0.25) is 0 Å². The van der Waals surface area contributed by atoms with Crippen LogP contribution in [0.4, 0.5) is 0 Å². The Morgan fingerprint density at radius 3 is 2.67 bits per heavy atom. The fourth-order valence-electron chi connectivity index (χ4n) is 2.56. The van der Waals surface area contributed by atoms with E-state index in [0.29, 0.717) is 12.3 Å². The van der Waals surface area contributed by atoms with Gasteiger partial charge in [-0.15, -0.1) is 0 Å². The topological polar surface area (TPSA) is 61.7 Å². The molecule has 1 aromatic rings. The molecule has 1 saturated carbocycles. The summed E-state index contributed by atoms with van der Waals surface area (Å²) in [5.41, 5.74) is 0.926. The molecule has 0 spiro atoms. The molecule has 3 N–H and O–H groups in total. The van der Waals surface area contributed by atoms with Crippen LogP contribution in [0.25, 0.3) is 0 Å². The minimum Gasteiger partial charge on any atom is -0.504 e. The number of aliphatic hydroxyl groups excluding tert-OH is 1. The highest BCUT2D eigenvalue weighted by atomic mass is 16.5. The molecule has 1 fully saturated rings. The Balaban J connectivity index is 2.01. The Kier molecular flexibility index (Phi) is 4.09. The third kappa shape index (κ3) is 2.76. The second-order valence-electron chi connectivity index (χ2n) is 5.01. The zero-order chi connectivity index (χ0) is 13.0. The van der Waals surface area contributed by atoms with E-state index in [9.17, 15) is 10.2 Å². The number of benzene rings is 1. The first-order valence-electron chi connectivity index (χ1n) is 6.41. The number of hydrogen-bond donors (Lipinski definition) is 3. The summed E-state index contributed by atoms with van der Waals surface area (Å²) in [6.45, 7) is 0.861. The summed E-state index contributed by atoms with van der Waals surface area (Å²) in [4.78, 5) is 0. The predicted molar refractivity (Wildman–Crippen MR) is 69.8 cm³/mol. The first-order valence-corrected chi connectivity index (χ1v) is 6.41. The highest BCUT2D eigenvalue weighted by molar-refractivity contribution is 5.41. The molecular weight excluding hydrogens is 230 g/mol. The van der Waals surface area contributed by atoms with E-state index in [1.54, 1.807) is 13.2 Å². The predicted octanol–water partition coefficient (Wildman–Crippen LogP) is 1.80. The molecule has 0 amide bonds. The lowest BCUT2D eigenvalue weighted by Crippen LogP contribution is -2.45. The van der Waals surface area contributed by atoms with E-state index < -0.39 is 0 Å². The Morgan fingerprint density at radius 1 is 1.33 bits per heavy atom. The molecule has 0 heterocycles. The molecule has 4 nitrogen and oxygen atoms in total. The number of phenolic OH excluding ortho intramolecular Hbond substituents is 1. The van der Waals surface area contributed by atoms with Crippen LogP contribution in [-0.4, -0.2) is 29.5 Å². The number of ether oxygens (including phenoxy) is 1. The van der Waals surface area contributed by atoms with Crippen molar-refractivity contribution in [3.63, 3.8) is 0 Å². The molecule has 1 aliphatic carbocycles. The molecule has 0 radical (unpaired) electrons. The quantitative estimate of drug-likeness (QED) is 0.746. The van der Waals surface area contributed by atoms with Gasteiger partial charge in [-0.2, -0.15) is 0 Å². The zero-order valence-electron chi connectivity index (χ0n) is 10.8. The molecule has 100 valence electrons. The van der Waals surface area contributed by atoms with Crippen LogP contribution in [-0.2, 0) is 6.54 Å². The number of aromatic hydroxyl groups is 1. The third-order valence-electron chi connectivity index (χ3n) is 3.77. The lowest BCUT2D eigenvalue weighted by Gasteiger charge is -2.28. The van der Waals surface area contributed by atoms with Crippen molar-refractivity contribution in [3.05, 3.63) is 23.8 Å². The monoisotopic (exact) mass is 251 g/mol. The van der Waals surface area contributed by atoms with Crippen LogP contribution >= 0.6 is 0 Å². The van der Waals surface area contributed by atoms with Gasteiger partial charge in [-0.1, -0.05) is 18.9 Å². The maximum Gasteiger partial charge on any atom is 0.160 e. The molecule has 1 aromatic carbocycles. The minimum atomic E-state index is -0.120. The molecule has 1 aliphatic rings. The first kappa shape index (κ1) is 13.2. The SMILES string of the molecule is COc1cc(CNC2(CO)CCCC2)ccc1O. The lowest BCUT2D eigenvalue weighted by molar-refractivity contribution is 0.163. The van der Waals surface area contributed by atoms with Gasteiger partial charge in [-0.05, 0) is 30.5 Å². The summed E-state index contributed by atoms with van der Waals surface area (Å²) < 4.78 is 5.08. The Labute approximate surface area is 108 Å². The van der Waals surface area contributed by atoms with Crippen LogP contribution in [0.3, 0.4) is 0 Å². The summed E-state index contributed by atoms with van der Waals surface area (Å²) in [5, 5.41) is 22.5. The van der Waals surface area contributed by atoms with Gasteiger partial charge in [0, 0.05) is 12.1 Å². The normalized spacial score (nSPS) is 17.9. The average molecular weight is 251 g/mol. The molecule has 0 saturated heterocycles. The maximum atomic E-state index is 9.53. The van der Waals surface area contributed by atoms with E-state index in [4.69, 9.17) is 4.74 Å². The van der Waals surface area contributed by atoms with Gasteiger partial charge in [0.1, 0.15) is 0 Å². The van der Waals surface area contributed by atoms with E-state index >= 15 is 0 Å². The summed E-state index contributed by atoms with van der Waals surface area (Å²) >= 11 is 0. The van der Waals surface area contributed by atoms with Crippen molar-refractivity contribution in [1.82, 2.24) is 5.32 Å². The molecule has 2 rings (SSSR count). The van der Waals surface area contributed by atoms with Gasteiger partial charge in [-0.3, -0.25) is 0 Å². The largest absolute Gasteiger partial charge is 0.504 e. The number of aliphatic hydroxyl groups is 1. The van der Waals surface area contributed by atoms with Gasteiger partial charge in [0.05, 0.1) is 13.7 Å². The number of nitrogens with one attached hydrogen (secondary N) is 1. The molecule has 0 bridgehead atoms. The molecule has 4 heteroatoms. The van der Waals surface area contributed by atoms with Crippen LogP contribution < -0.4 is 10.1 Å². The lowest BCUT2D eigenvalue weighted by atomic mass is 9.98. The molecule has 0 aromatic heterocycles. The minimum absolute atomic E-state index is 0.120. The fourth-order valence-corrected chi connectivity index (χ4v) is 2.56. The fraction of sp³-hybridized carbons (Fsp3) is 0.571. The second kappa shape index (κ2) is 5.59. The van der Waals surface area contributed by atoms with Gasteiger partial charge >= 0.3 is 0 Å². The zero-order valence-corrected chi connectivity index (χ0v) is 10.8. The van der Waals surface area contributed by atoms with E-state index in [1.165, 1.54) is 12.8 Å². The van der Waals surface area contributed by atoms with Crippen molar-refractivity contribution >= 4 is 0 Å². The van der Waals surface area contributed by atoms with Crippen LogP contribution in [0.15, 0.2) is 18.2 Å². The van der Waals surface area contributed by atoms with Crippen molar-refractivity contribution in [3.8, 4) is 11.5 Å². The smallest absolute Gasteiger partial charge is 0.160 e. The summed E-state index contributed by atoms with van der Waals surface area (Å²) in [6, 6.07) is 5.32. The van der Waals surface area contributed by atoms with Crippen molar-refractivity contribution in [2.24, 2.45) is 0 Å². The molecule has 0 aliphatic heterocycles. The number of methoxy groups -OCH3 is 1. The van der Waals surface area contributed by atoms with Crippen LogP contribution in [0, 0.1) is 0 Å². The average Bonchev–Trinajstić information content (AvgIpc) is 2.87. The van der Waals surface area contributed by atoms with Gasteiger partial charge in [0.2, 0.25) is 0 Å². The van der Waals surface area contributed by atoms with Gasteiger partial charge in [0.15, 0.2) is 11.5 Å². The van der Waals surface area contributed by atoms with Gasteiger partial charge in [0.25, 0.3) is 0 Å². The van der Waals surface area contributed by atoms with E-state index in [2.05, 4.69) is 5.32 Å². The molecule has 0 unspecified atom stereocenters. The Bertz CT molecular complexity index is 400. The van der Waals surface area contributed by atoms with Crippen LogP contribution in [0.1, 0.15) is 31.2 Å². The Morgan fingerprint density at radius 2 is 2.06 bits per heavy atom. The number of hydrogen-bond acceptors (Lipinski definition) is 4.